The van der Waals surface area contributed by atoms with Crippen molar-refractivity contribution in [2.75, 3.05) is 0 Å². The summed E-state index contributed by atoms with van der Waals surface area (Å²) in [5.74, 6) is 0. The van der Waals surface area contributed by atoms with Gasteiger partial charge in [-0.3, -0.25) is 0 Å². The highest BCUT2D eigenvalue weighted by Crippen LogP contribution is 2.16. The van der Waals surface area contributed by atoms with E-state index in [0.29, 0.717) is 5.56 Å². The summed E-state index contributed by atoms with van der Waals surface area (Å²) in [6.45, 7) is 3.85. The number of aliphatic hydroxyl groups excluding tert-OH is 1. The molecule has 0 amide bonds. The lowest BCUT2D eigenvalue weighted by atomic mass is 9.99. The van der Waals surface area contributed by atoms with Gasteiger partial charge in [0.1, 0.15) is 0 Å². The van der Waals surface area contributed by atoms with Crippen LogP contribution >= 0.6 is 0 Å². The van der Waals surface area contributed by atoms with Gasteiger partial charge in [0.2, 0.25) is 0 Å². The van der Waals surface area contributed by atoms with Crippen molar-refractivity contribution < 1.29 is 5.11 Å². The van der Waals surface area contributed by atoms with Crippen LogP contribution in [0.25, 0.3) is 0 Å². The Morgan fingerprint density at radius 3 is 2.50 bits per heavy atom. The predicted molar refractivity (Wildman–Crippen MR) is 46.6 cm³/mol. The molecule has 2 heteroatoms. The minimum Gasteiger partial charge on any atom is -0.392 e. The third-order valence-electron chi connectivity index (χ3n) is 2.19. The minimum absolute atomic E-state index is 0.0401. The second-order valence-electron chi connectivity index (χ2n) is 2.79. The van der Waals surface area contributed by atoms with Gasteiger partial charge in [-0.1, -0.05) is 6.07 Å². The molecular formula is C10H11NO. The summed E-state index contributed by atoms with van der Waals surface area (Å²) in [4.78, 5) is 0. The third-order valence-corrected chi connectivity index (χ3v) is 2.19. The van der Waals surface area contributed by atoms with Gasteiger partial charge in [0.25, 0.3) is 0 Å². The molecule has 0 unspecified atom stereocenters. The Morgan fingerprint density at radius 1 is 1.33 bits per heavy atom. The molecule has 0 aliphatic heterocycles. The highest BCUT2D eigenvalue weighted by atomic mass is 16.3. The summed E-state index contributed by atoms with van der Waals surface area (Å²) >= 11 is 0. The molecule has 62 valence electrons. The number of hydrogen-bond acceptors (Lipinski definition) is 2. The van der Waals surface area contributed by atoms with Crippen molar-refractivity contribution in [3.63, 3.8) is 0 Å². The Bertz CT molecular complexity index is 336. The second-order valence-corrected chi connectivity index (χ2v) is 2.79. The number of rotatable bonds is 1. The number of aliphatic hydroxyl groups is 1. The molecule has 0 bridgehead atoms. The van der Waals surface area contributed by atoms with E-state index in [4.69, 9.17) is 10.4 Å². The summed E-state index contributed by atoms with van der Waals surface area (Å²) in [6, 6.07) is 5.64. The van der Waals surface area contributed by atoms with Crippen LogP contribution in [0.2, 0.25) is 0 Å². The van der Waals surface area contributed by atoms with Crippen LogP contribution in [0.4, 0.5) is 0 Å². The van der Waals surface area contributed by atoms with Crippen molar-refractivity contribution in [3.8, 4) is 6.07 Å². The van der Waals surface area contributed by atoms with Crippen molar-refractivity contribution in [1.82, 2.24) is 0 Å². The van der Waals surface area contributed by atoms with Gasteiger partial charge in [-0.15, -0.1) is 0 Å². The van der Waals surface area contributed by atoms with Crippen LogP contribution in [0.15, 0.2) is 12.1 Å². The van der Waals surface area contributed by atoms with E-state index in [9.17, 15) is 0 Å². The lowest BCUT2D eigenvalue weighted by Crippen LogP contribution is -1.94. The Morgan fingerprint density at radius 2 is 2.00 bits per heavy atom. The largest absolute Gasteiger partial charge is 0.392 e. The number of hydrogen-bond donors (Lipinski definition) is 1. The first-order chi connectivity index (χ1) is 5.70. The number of nitrogens with zero attached hydrogens (tertiary/aromatic N) is 1. The molecule has 0 saturated carbocycles. The molecule has 0 heterocycles. The van der Waals surface area contributed by atoms with Crippen molar-refractivity contribution in [2.45, 2.75) is 20.5 Å². The first-order valence-corrected chi connectivity index (χ1v) is 3.80. The summed E-state index contributed by atoms with van der Waals surface area (Å²) in [5, 5.41) is 17.6. The fourth-order valence-corrected chi connectivity index (χ4v) is 1.17. The van der Waals surface area contributed by atoms with Crippen LogP contribution in [-0.4, -0.2) is 5.11 Å². The third kappa shape index (κ3) is 1.32. The summed E-state index contributed by atoms with van der Waals surface area (Å²) < 4.78 is 0. The van der Waals surface area contributed by atoms with Crippen molar-refractivity contribution >= 4 is 0 Å². The van der Waals surface area contributed by atoms with Crippen molar-refractivity contribution in [3.05, 3.63) is 34.4 Å². The highest BCUT2D eigenvalue weighted by molar-refractivity contribution is 5.45. The van der Waals surface area contributed by atoms with Gasteiger partial charge in [-0.25, -0.2) is 0 Å². The maximum Gasteiger partial charge on any atom is 0.0994 e. The van der Waals surface area contributed by atoms with Crippen LogP contribution in [-0.2, 0) is 6.61 Å². The van der Waals surface area contributed by atoms with Gasteiger partial charge in [0.05, 0.1) is 18.2 Å². The van der Waals surface area contributed by atoms with Gasteiger partial charge in [0.15, 0.2) is 0 Å². The quantitative estimate of drug-likeness (QED) is 0.680. The molecular weight excluding hydrogens is 150 g/mol. The van der Waals surface area contributed by atoms with Crippen LogP contribution < -0.4 is 0 Å². The van der Waals surface area contributed by atoms with Gasteiger partial charge in [-0.05, 0) is 36.6 Å². The van der Waals surface area contributed by atoms with Gasteiger partial charge in [0, 0.05) is 0 Å². The first kappa shape index (κ1) is 8.76. The zero-order valence-corrected chi connectivity index (χ0v) is 7.26. The highest BCUT2D eigenvalue weighted by Gasteiger charge is 2.03. The molecule has 0 fully saturated rings. The van der Waals surface area contributed by atoms with E-state index in [1.807, 2.05) is 13.8 Å². The molecule has 12 heavy (non-hydrogen) atoms. The predicted octanol–water partition coefficient (Wildman–Crippen LogP) is 1.67. The average Bonchev–Trinajstić information content (AvgIpc) is 2.10. The summed E-state index contributed by atoms with van der Waals surface area (Å²) in [5.41, 5.74) is 3.55. The van der Waals surface area contributed by atoms with Crippen LogP contribution in [0.1, 0.15) is 22.3 Å². The summed E-state index contributed by atoms with van der Waals surface area (Å²) in [6.07, 6.45) is 0. The first-order valence-electron chi connectivity index (χ1n) is 3.80. The van der Waals surface area contributed by atoms with E-state index >= 15 is 0 Å². The molecule has 0 atom stereocenters. The average molecular weight is 161 g/mol. The van der Waals surface area contributed by atoms with E-state index in [-0.39, 0.29) is 6.61 Å². The monoisotopic (exact) mass is 161 g/mol. The number of benzene rings is 1. The van der Waals surface area contributed by atoms with E-state index in [1.54, 1.807) is 12.1 Å². The Labute approximate surface area is 72.1 Å². The Hall–Kier alpha value is -1.33. The zero-order valence-electron chi connectivity index (χ0n) is 7.26. The van der Waals surface area contributed by atoms with Gasteiger partial charge >= 0.3 is 0 Å². The molecule has 1 rings (SSSR count). The molecule has 1 aromatic carbocycles. The van der Waals surface area contributed by atoms with Gasteiger partial charge in [-0.2, -0.15) is 5.26 Å². The fourth-order valence-electron chi connectivity index (χ4n) is 1.17. The van der Waals surface area contributed by atoms with E-state index in [0.717, 1.165) is 16.7 Å². The molecule has 0 aliphatic rings. The fraction of sp³-hybridized carbons (Fsp3) is 0.300. The number of nitriles is 1. The van der Waals surface area contributed by atoms with Crippen molar-refractivity contribution in [1.29, 1.82) is 5.26 Å². The van der Waals surface area contributed by atoms with Crippen molar-refractivity contribution in [2.24, 2.45) is 0 Å². The van der Waals surface area contributed by atoms with Crippen LogP contribution in [0.5, 0.6) is 0 Å². The second kappa shape index (κ2) is 3.38. The topological polar surface area (TPSA) is 44.0 Å². The van der Waals surface area contributed by atoms with E-state index in [2.05, 4.69) is 6.07 Å². The van der Waals surface area contributed by atoms with Gasteiger partial charge < -0.3 is 5.11 Å². The summed E-state index contributed by atoms with van der Waals surface area (Å²) in [7, 11) is 0. The van der Waals surface area contributed by atoms with E-state index in [1.165, 1.54) is 0 Å². The maximum atomic E-state index is 8.92. The molecule has 0 aromatic heterocycles. The van der Waals surface area contributed by atoms with Crippen LogP contribution in [0, 0.1) is 25.2 Å². The van der Waals surface area contributed by atoms with E-state index < -0.39 is 0 Å². The normalized spacial score (nSPS) is 9.50. The molecule has 0 aliphatic carbocycles. The lowest BCUT2D eigenvalue weighted by molar-refractivity contribution is 0.281. The Kier molecular flexibility index (Phi) is 2.47. The molecule has 1 aromatic rings. The molecule has 2 nitrogen and oxygen atoms in total. The lowest BCUT2D eigenvalue weighted by Gasteiger charge is -2.06. The standard InChI is InChI=1S/C10H11NO/c1-7-8(2)10(6-12)4-3-9(7)5-11/h3-4,12H,6H2,1-2H3. The maximum absolute atomic E-state index is 8.92. The minimum atomic E-state index is 0.0401. The molecule has 0 saturated heterocycles. The molecule has 0 radical (unpaired) electrons. The smallest absolute Gasteiger partial charge is 0.0994 e. The SMILES string of the molecule is Cc1c(C#N)ccc(CO)c1C. The zero-order chi connectivity index (χ0) is 9.14. The molecule has 0 spiro atoms. The Balaban J connectivity index is 3.32. The van der Waals surface area contributed by atoms with Crippen LogP contribution in [0.3, 0.4) is 0 Å². The molecule has 1 N–H and O–H groups in total.